The van der Waals surface area contributed by atoms with Gasteiger partial charge in [-0.2, -0.15) is 0 Å². The molecule has 0 radical (unpaired) electrons. The molecule has 2 rings (SSSR count). The summed E-state index contributed by atoms with van der Waals surface area (Å²) in [6.45, 7) is 2.00. The van der Waals surface area contributed by atoms with Gasteiger partial charge in [-0.3, -0.25) is 4.99 Å². The maximum Gasteiger partial charge on any atom is 0.252 e. The van der Waals surface area contributed by atoms with E-state index < -0.39 is 11.8 Å². The van der Waals surface area contributed by atoms with E-state index >= 15 is 0 Å². The van der Waals surface area contributed by atoms with Crippen molar-refractivity contribution in [2.45, 2.75) is 57.3 Å². The predicted octanol–water partition coefficient (Wildman–Crippen LogP) is 3.00. The summed E-state index contributed by atoms with van der Waals surface area (Å²) in [5, 5.41) is 0. The summed E-state index contributed by atoms with van der Waals surface area (Å²) in [5.41, 5.74) is 5.95. The second-order valence-corrected chi connectivity index (χ2v) is 5.80. The number of nitrogens with zero attached hydrogens (tertiary/aromatic N) is 2. The Labute approximate surface area is 114 Å². The molecule has 5 heteroatoms. The average Bonchev–Trinajstić information content (AvgIpc) is 2.65. The van der Waals surface area contributed by atoms with Gasteiger partial charge in [0, 0.05) is 25.4 Å². The number of alkyl halides is 2. The van der Waals surface area contributed by atoms with Gasteiger partial charge < -0.3 is 10.6 Å². The van der Waals surface area contributed by atoms with Crippen LogP contribution in [0.25, 0.3) is 0 Å². The van der Waals surface area contributed by atoms with Crippen LogP contribution in [0.2, 0.25) is 0 Å². The van der Waals surface area contributed by atoms with Crippen LogP contribution in [0.4, 0.5) is 8.78 Å². The van der Waals surface area contributed by atoms with Crippen molar-refractivity contribution in [3.63, 3.8) is 0 Å². The van der Waals surface area contributed by atoms with E-state index in [0.29, 0.717) is 18.8 Å². The van der Waals surface area contributed by atoms with Gasteiger partial charge in [-0.15, -0.1) is 0 Å². The Bertz CT molecular complexity index is 310. The Balaban J connectivity index is 1.89. The van der Waals surface area contributed by atoms with Crippen LogP contribution < -0.4 is 5.73 Å². The monoisotopic (exact) mass is 273 g/mol. The standard InChI is InChI=1S/C14H25F2N3/c15-14(16)8-4-3-7-12(14)11-18-13(17)19-9-5-1-2-6-10-19/h12H,1-11H2,(H2,17,18). The van der Waals surface area contributed by atoms with Gasteiger partial charge in [-0.05, 0) is 25.7 Å². The molecule has 1 heterocycles. The highest BCUT2D eigenvalue weighted by molar-refractivity contribution is 5.78. The first-order valence-electron chi connectivity index (χ1n) is 7.52. The molecule has 1 aliphatic heterocycles. The lowest BCUT2D eigenvalue weighted by molar-refractivity contribution is -0.0815. The lowest BCUT2D eigenvalue weighted by atomic mass is 9.86. The summed E-state index contributed by atoms with van der Waals surface area (Å²) in [6.07, 6.45) is 6.80. The molecule has 0 aromatic heterocycles. The predicted molar refractivity (Wildman–Crippen MR) is 73.4 cm³/mol. The smallest absolute Gasteiger partial charge is 0.252 e. The van der Waals surface area contributed by atoms with Crippen molar-refractivity contribution in [1.29, 1.82) is 0 Å². The van der Waals surface area contributed by atoms with Crippen LogP contribution in [0.15, 0.2) is 4.99 Å². The van der Waals surface area contributed by atoms with Crippen LogP contribution in [0.1, 0.15) is 51.4 Å². The highest BCUT2D eigenvalue weighted by atomic mass is 19.3. The van der Waals surface area contributed by atoms with Crippen LogP contribution in [0, 0.1) is 5.92 Å². The van der Waals surface area contributed by atoms with Crippen molar-refractivity contribution < 1.29 is 8.78 Å². The van der Waals surface area contributed by atoms with Gasteiger partial charge in [0.2, 0.25) is 0 Å². The van der Waals surface area contributed by atoms with E-state index in [9.17, 15) is 8.78 Å². The van der Waals surface area contributed by atoms with Gasteiger partial charge in [-0.25, -0.2) is 8.78 Å². The second kappa shape index (κ2) is 6.53. The minimum absolute atomic E-state index is 0.0107. The van der Waals surface area contributed by atoms with E-state index in [1.54, 1.807) is 0 Å². The maximum atomic E-state index is 13.7. The number of halogens is 2. The summed E-state index contributed by atoms with van der Waals surface area (Å²) in [6, 6.07) is 0. The second-order valence-electron chi connectivity index (χ2n) is 5.80. The molecule has 2 fully saturated rings. The average molecular weight is 273 g/mol. The van der Waals surface area contributed by atoms with E-state index in [4.69, 9.17) is 5.73 Å². The minimum Gasteiger partial charge on any atom is -0.370 e. The van der Waals surface area contributed by atoms with E-state index in [-0.39, 0.29) is 13.0 Å². The zero-order valence-electron chi connectivity index (χ0n) is 11.6. The Morgan fingerprint density at radius 1 is 1.11 bits per heavy atom. The lowest BCUT2D eigenvalue weighted by Gasteiger charge is -2.30. The van der Waals surface area contributed by atoms with Crippen molar-refractivity contribution >= 4 is 5.96 Å². The molecule has 0 aromatic carbocycles. The molecule has 1 saturated carbocycles. The van der Waals surface area contributed by atoms with Crippen LogP contribution in [-0.4, -0.2) is 36.4 Å². The van der Waals surface area contributed by atoms with Gasteiger partial charge >= 0.3 is 0 Å². The van der Waals surface area contributed by atoms with Crippen LogP contribution >= 0.6 is 0 Å². The minimum atomic E-state index is -2.55. The zero-order valence-corrected chi connectivity index (χ0v) is 11.6. The largest absolute Gasteiger partial charge is 0.370 e. The quantitative estimate of drug-likeness (QED) is 0.620. The third kappa shape index (κ3) is 4.05. The number of likely N-dealkylation sites (tertiary alicyclic amines) is 1. The van der Waals surface area contributed by atoms with Gasteiger partial charge in [-0.1, -0.05) is 19.3 Å². The highest BCUT2D eigenvalue weighted by Gasteiger charge is 2.41. The first-order chi connectivity index (χ1) is 9.09. The van der Waals surface area contributed by atoms with Gasteiger partial charge in [0.1, 0.15) is 0 Å². The molecule has 1 unspecified atom stereocenters. The zero-order chi connectivity index (χ0) is 13.7. The van der Waals surface area contributed by atoms with Crippen molar-refractivity contribution in [3.8, 4) is 0 Å². The maximum absolute atomic E-state index is 13.7. The summed E-state index contributed by atoms with van der Waals surface area (Å²) in [4.78, 5) is 6.30. The molecular formula is C14H25F2N3. The Kier molecular flexibility index (Phi) is 4.99. The highest BCUT2D eigenvalue weighted by Crippen LogP contribution is 2.38. The number of guanidine groups is 1. The van der Waals surface area contributed by atoms with Gasteiger partial charge in [0.05, 0.1) is 6.54 Å². The molecule has 2 N–H and O–H groups in total. The van der Waals surface area contributed by atoms with Crippen LogP contribution in [-0.2, 0) is 0 Å². The molecule has 2 aliphatic rings. The van der Waals surface area contributed by atoms with Crippen molar-refractivity contribution in [1.82, 2.24) is 4.90 Å². The number of aliphatic imine (C=N–C) groups is 1. The third-order valence-electron chi connectivity index (χ3n) is 4.31. The third-order valence-corrected chi connectivity index (χ3v) is 4.31. The fourth-order valence-electron chi connectivity index (χ4n) is 3.00. The van der Waals surface area contributed by atoms with E-state index in [2.05, 4.69) is 4.99 Å². The van der Waals surface area contributed by atoms with Gasteiger partial charge in [0.15, 0.2) is 5.96 Å². The fourth-order valence-corrected chi connectivity index (χ4v) is 3.00. The summed E-state index contributed by atoms with van der Waals surface area (Å²) in [7, 11) is 0. The molecule has 0 aromatic rings. The summed E-state index contributed by atoms with van der Waals surface area (Å²) < 4.78 is 27.4. The molecule has 19 heavy (non-hydrogen) atoms. The molecule has 1 saturated heterocycles. The van der Waals surface area contributed by atoms with Crippen molar-refractivity contribution in [2.75, 3.05) is 19.6 Å². The summed E-state index contributed by atoms with van der Waals surface area (Å²) >= 11 is 0. The van der Waals surface area contributed by atoms with Crippen LogP contribution in [0.5, 0.6) is 0 Å². The van der Waals surface area contributed by atoms with Gasteiger partial charge in [0.25, 0.3) is 5.92 Å². The molecular weight excluding hydrogens is 248 g/mol. The topological polar surface area (TPSA) is 41.6 Å². The number of hydrogen-bond acceptors (Lipinski definition) is 1. The molecule has 0 bridgehead atoms. The SMILES string of the molecule is NC(=NCC1CCCCC1(F)F)N1CCCCCC1. The van der Waals surface area contributed by atoms with Crippen molar-refractivity contribution in [2.24, 2.45) is 16.6 Å². The molecule has 3 nitrogen and oxygen atoms in total. The Morgan fingerprint density at radius 2 is 1.79 bits per heavy atom. The normalized spacial score (nSPS) is 29.1. The molecule has 0 amide bonds. The molecule has 110 valence electrons. The van der Waals surface area contributed by atoms with Crippen LogP contribution in [0.3, 0.4) is 0 Å². The molecule has 0 spiro atoms. The lowest BCUT2D eigenvalue weighted by Crippen LogP contribution is -2.40. The van der Waals surface area contributed by atoms with Crippen molar-refractivity contribution in [3.05, 3.63) is 0 Å². The van der Waals surface area contributed by atoms with E-state index in [1.807, 2.05) is 4.90 Å². The molecule has 1 aliphatic carbocycles. The first kappa shape index (κ1) is 14.5. The number of rotatable bonds is 2. The summed E-state index contributed by atoms with van der Waals surface area (Å²) in [5.74, 6) is -2.71. The fraction of sp³-hybridized carbons (Fsp3) is 0.929. The van der Waals surface area contributed by atoms with E-state index in [1.165, 1.54) is 12.8 Å². The molecule has 1 atom stereocenters. The Hall–Kier alpha value is -0.870. The Morgan fingerprint density at radius 3 is 2.42 bits per heavy atom. The first-order valence-corrected chi connectivity index (χ1v) is 7.52. The van der Waals surface area contributed by atoms with E-state index in [0.717, 1.165) is 32.4 Å². The number of hydrogen-bond donors (Lipinski definition) is 1. The number of nitrogens with two attached hydrogens (primary N) is 1.